The van der Waals surface area contributed by atoms with Gasteiger partial charge in [-0.25, -0.2) is 0 Å². The molecular weight excluding hydrogens is 294 g/mol. The van der Waals surface area contributed by atoms with Gasteiger partial charge in [0.1, 0.15) is 5.75 Å². The van der Waals surface area contributed by atoms with Gasteiger partial charge in [0.25, 0.3) is 5.91 Å². The number of aromatic nitrogens is 2. The minimum Gasteiger partial charge on any atom is -0.482 e. The maximum absolute atomic E-state index is 11.5. The molecule has 4 rings (SSSR count). The third-order valence-corrected chi connectivity index (χ3v) is 4.17. The summed E-state index contributed by atoms with van der Waals surface area (Å²) in [7, 11) is 3.88. The third kappa shape index (κ3) is 2.44. The number of ether oxygens (including phenoxy) is 1. The van der Waals surface area contributed by atoms with Crippen molar-refractivity contribution >= 4 is 17.3 Å². The van der Waals surface area contributed by atoms with Gasteiger partial charge < -0.3 is 10.1 Å². The van der Waals surface area contributed by atoms with Crippen LogP contribution in [0.2, 0.25) is 0 Å². The largest absolute Gasteiger partial charge is 0.482 e. The van der Waals surface area contributed by atoms with Crippen molar-refractivity contribution < 1.29 is 9.53 Å². The number of anilines is 1. The fraction of sp³-hybridized carbons (Fsp3) is 0.312. The van der Waals surface area contributed by atoms with E-state index in [1.807, 2.05) is 49.7 Å². The number of benzene rings is 1. The van der Waals surface area contributed by atoms with Crippen LogP contribution in [-0.4, -0.2) is 40.1 Å². The Hall–Kier alpha value is -2.83. The summed E-state index contributed by atoms with van der Waals surface area (Å²) in [5.74, 6) is 0.567. The minimum atomic E-state index is -0.131. The first-order valence-electron chi connectivity index (χ1n) is 7.46. The number of hydrogen-bond donors (Lipinski definition) is 1. The van der Waals surface area contributed by atoms with Crippen LogP contribution in [0.3, 0.4) is 0 Å². The quantitative estimate of drug-likeness (QED) is 0.913. The smallest absolute Gasteiger partial charge is 0.262 e. The topological polar surface area (TPSA) is 71.8 Å². The monoisotopic (exact) mass is 311 g/mol. The zero-order valence-corrected chi connectivity index (χ0v) is 13.0. The van der Waals surface area contributed by atoms with E-state index in [0.29, 0.717) is 11.4 Å². The Bertz CT molecular complexity index is 811. The van der Waals surface area contributed by atoms with E-state index >= 15 is 0 Å². The zero-order chi connectivity index (χ0) is 16.0. The minimum absolute atomic E-state index is 0.0686. The summed E-state index contributed by atoms with van der Waals surface area (Å²) < 4.78 is 7.19. The highest BCUT2D eigenvalue weighted by Gasteiger charge is 2.28. The molecule has 118 valence electrons. The molecule has 0 saturated heterocycles. The number of rotatable bonds is 2. The Morgan fingerprint density at radius 2 is 2.22 bits per heavy atom. The lowest BCUT2D eigenvalue weighted by Crippen LogP contribution is -2.25. The molecule has 0 aliphatic carbocycles. The highest BCUT2D eigenvalue weighted by Crippen LogP contribution is 2.34. The molecule has 0 bridgehead atoms. The number of amides is 1. The fourth-order valence-electron chi connectivity index (χ4n) is 3.00. The maximum atomic E-state index is 11.5. The van der Waals surface area contributed by atoms with E-state index in [0.717, 1.165) is 23.3 Å². The van der Waals surface area contributed by atoms with Gasteiger partial charge in [-0.2, -0.15) is 10.2 Å². The van der Waals surface area contributed by atoms with Crippen molar-refractivity contribution in [3.8, 4) is 5.75 Å². The highest BCUT2D eigenvalue weighted by molar-refractivity contribution is 6.04. The van der Waals surface area contributed by atoms with Gasteiger partial charge in [0.2, 0.25) is 0 Å². The number of nitrogens with zero attached hydrogens (tertiary/aromatic N) is 4. The Morgan fingerprint density at radius 1 is 1.35 bits per heavy atom. The normalized spacial score (nSPS) is 19.9. The molecule has 2 aromatic rings. The first-order valence-corrected chi connectivity index (χ1v) is 7.46. The van der Waals surface area contributed by atoms with Gasteiger partial charge >= 0.3 is 0 Å². The van der Waals surface area contributed by atoms with Crippen LogP contribution in [0.15, 0.2) is 35.7 Å². The van der Waals surface area contributed by atoms with Gasteiger partial charge in [0, 0.05) is 37.8 Å². The number of hydrazone groups is 1. The van der Waals surface area contributed by atoms with Crippen LogP contribution >= 0.6 is 0 Å². The van der Waals surface area contributed by atoms with Crippen LogP contribution in [0.5, 0.6) is 5.75 Å². The second-order valence-electron chi connectivity index (χ2n) is 5.84. The van der Waals surface area contributed by atoms with Crippen molar-refractivity contribution in [2.45, 2.75) is 12.5 Å². The molecule has 2 aliphatic heterocycles. The number of fused-ring (bicyclic) bond motifs is 1. The van der Waals surface area contributed by atoms with Crippen molar-refractivity contribution in [3.05, 3.63) is 41.7 Å². The zero-order valence-electron chi connectivity index (χ0n) is 13.0. The lowest BCUT2D eigenvalue weighted by atomic mass is 10.00. The summed E-state index contributed by atoms with van der Waals surface area (Å²) in [6.45, 7) is 0.0686. The predicted octanol–water partition coefficient (Wildman–Crippen LogP) is 1.53. The number of nitrogens with one attached hydrogen (secondary N) is 1. The third-order valence-electron chi connectivity index (χ3n) is 4.17. The van der Waals surface area contributed by atoms with Gasteiger partial charge in [-0.15, -0.1) is 0 Å². The van der Waals surface area contributed by atoms with Crippen molar-refractivity contribution in [2.75, 3.05) is 19.0 Å². The number of hydrogen-bond acceptors (Lipinski definition) is 5. The molecule has 23 heavy (non-hydrogen) atoms. The fourth-order valence-corrected chi connectivity index (χ4v) is 3.00. The molecule has 3 heterocycles. The highest BCUT2D eigenvalue weighted by atomic mass is 16.5. The van der Waals surface area contributed by atoms with Crippen LogP contribution in [0.25, 0.3) is 0 Å². The van der Waals surface area contributed by atoms with Crippen LogP contribution in [0, 0.1) is 0 Å². The molecule has 7 nitrogen and oxygen atoms in total. The van der Waals surface area contributed by atoms with Gasteiger partial charge in [0.05, 0.1) is 23.6 Å². The average Bonchev–Trinajstić information content (AvgIpc) is 3.12. The maximum Gasteiger partial charge on any atom is 0.262 e. The molecule has 1 N–H and O–H groups in total. The second kappa shape index (κ2) is 5.12. The summed E-state index contributed by atoms with van der Waals surface area (Å²) in [6.07, 6.45) is 4.69. The van der Waals surface area contributed by atoms with Gasteiger partial charge in [0.15, 0.2) is 6.61 Å². The second-order valence-corrected chi connectivity index (χ2v) is 5.84. The molecular formula is C16H17N5O2. The summed E-state index contributed by atoms with van der Waals surface area (Å²) in [5.41, 5.74) is 3.83. The summed E-state index contributed by atoms with van der Waals surface area (Å²) in [4.78, 5) is 11.5. The predicted molar refractivity (Wildman–Crippen MR) is 85.4 cm³/mol. The number of aryl methyl sites for hydroxylation is 1. The Labute approximate surface area is 133 Å². The van der Waals surface area contributed by atoms with Crippen molar-refractivity contribution in [3.63, 3.8) is 0 Å². The van der Waals surface area contributed by atoms with E-state index in [-0.39, 0.29) is 18.6 Å². The first kappa shape index (κ1) is 13.8. The lowest BCUT2D eigenvalue weighted by Gasteiger charge is -2.18. The summed E-state index contributed by atoms with van der Waals surface area (Å²) >= 11 is 0. The first-order chi connectivity index (χ1) is 11.1. The van der Waals surface area contributed by atoms with Crippen LogP contribution in [0.1, 0.15) is 23.6 Å². The van der Waals surface area contributed by atoms with E-state index in [9.17, 15) is 4.79 Å². The molecule has 1 aromatic carbocycles. The molecule has 1 atom stereocenters. The molecule has 0 saturated carbocycles. The molecule has 1 aromatic heterocycles. The molecule has 0 radical (unpaired) electrons. The van der Waals surface area contributed by atoms with E-state index in [2.05, 4.69) is 15.5 Å². The summed E-state index contributed by atoms with van der Waals surface area (Å²) in [5, 5.41) is 13.7. The van der Waals surface area contributed by atoms with Gasteiger partial charge in [-0.3, -0.25) is 14.5 Å². The molecule has 0 unspecified atom stereocenters. The van der Waals surface area contributed by atoms with Crippen LogP contribution in [-0.2, 0) is 11.8 Å². The van der Waals surface area contributed by atoms with E-state index in [4.69, 9.17) is 4.74 Å². The van der Waals surface area contributed by atoms with Gasteiger partial charge in [-0.05, 0) is 18.2 Å². The molecule has 0 fully saturated rings. The SMILES string of the molecule is CN1N=C(c2ccc3c(c2)NC(=O)CO3)C[C@H]1c1cnn(C)c1. The van der Waals surface area contributed by atoms with E-state index < -0.39 is 0 Å². The van der Waals surface area contributed by atoms with Crippen LogP contribution < -0.4 is 10.1 Å². The Morgan fingerprint density at radius 3 is 3.00 bits per heavy atom. The molecule has 7 heteroatoms. The van der Waals surface area contributed by atoms with Crippen molar-refractivity contribution in [1.82, 2.24) is 14.8 Å². The van der Waals surface area contributed by atoms with Crippen LogP contribution in [0.4, 0.5) is 5.69 Å². The van der Waals surface area contributed by atoms with E-state index in [1.54, 1.807) is 4.68 Å². The molecule has 1 amide bonds. The number of carbonyl (C=O) groups is 1. The van der Waals surface area contributed by atoms with Gasteiger partial charge in [-0.1, -0.05) is 0 Å². The average molecular weight is 311 g/mol. The van der Waals surface area contributed by atoms with Crippen molar-refractivity contribution in [2.24, 2.45) is 12.1 Å². The lowest BCUT2D eigenvalue weighted by molar-refractivity contribution is -0.118. The number of carbonyl (C=O) groups excluding carboxylic acids is 1. The Balaban J connectivity index is 1.60. The summed E-state index contributed by atoms with van der Waals surface area (Å²) in [6, 6.07) is 5.96. The molecule has 0 spiro atoms. The standard InChI is InChI=1S/C16H17N5O2/c1-20-8-11(7-17-20)14-6-12(19-21(14)2)10-3-4-15-13(5-10)18-16(22)9-23-15/h3-5,7-8,14H,6,9H2,1-2H3,(H,18,22)/t14-/m0/s1. The van der Waals surface area contributed by atoms with Crippen molar-refractivity contribution in [1.29, 1.82) is 0 Å². The Kier molecular flexibility index (Phi) is 3.07. The molecule has 2 aliphatic rings. The van der Waals surface area contributed by atoms with E-state index in [1.165, 1.54) is 0 Å².